The minimum Gasteiger partial charge on any atom is -0.330 e. The number of halogens is 2. The van der Waals surface area contributed by atoms with E-state index >= 15 is 0 Å². The Hall–Kier alpha value is -1.73. The van der Waals surface area contributed by atoms with Crippen molar-refractivity contribution in [3.05, 3.63) is 53.9 Å². The Bertz CT molecular complexity index is 696. The molecule has 2 aromatic rings. The number of hydrogen-bond acceptors (Lipinski definition) is 3. The van der Waals surface area contributed by atoms with Crippen molar-refractivity contribution in [2.45, 2.75) is 11.3 Å². The molecule has 2 rings (SSSR count). The molecule has 0 fully saturated rings. The SMILES string of the molecule is NCCc1cccn1S(=O)(=O)c1ccc(F)cc1F. The summed E-state index contributed by atoms with van der Waals surface area (Å²) in [7, 11) is -4.08. The molecular formula is C12H12F2N2O2S. The van der Waals surface area contributed by atoms with E-state index in [0.29, 0.717) is 18.2 Å². The minimum atomic E-state index is -4.08. The van der Waals surface area contributed by atoms with Gasteiger partial charge in [0.1, 0.15) is 16.5 Å². The van der Waals surface area contributed by atoms with Crippen molar-refractivity contribution in [3.8, 4) is 0 Å². The first-order valence-corrected chi connectivity index (χ1v) is 6.98. The first-order valence-electron chi connectivity index (χ1n) is 5.53. The topological polar surface area (TPSA) is 65.1 Å². The Morgan fingerprint density at radius 1 is 1.21 bits per heavy atom. The van der Waals surface area contributed by atoms with Crippen LogP contribution in [0.1, 0.15) is 5.69 Å². The van der Waals surface area contributed by atoms with E-state index in [0.717, 1.165) is 16.1 Å². The maximum Gasteiger partial charge on any atom is 0.270 e. The van der Waals surface area contributed by atoms with Crippen LogP contribution in [0.3, 0.4) is 0 Å². The number of aromatic nitrogens is 1. The second kappa shape index (κ2) is 5.10. The average Bonchev–Trinajstić information content (AvgIpc) is 2.78. The predicted molar refractivity (Wildman–Crippen MR) is 66.1 cm³/mol. The van der Waals surface area contributed by atoms with Crippen LogP contribution in [-0.2, 0) is 16.4 Å². The van der Waals surface area contributed by atoms with Crippen LogP contribution in [-0.4, -0.2) is 18.9 Å². The lowest BCUT2D eigenvalue weighted by molar-refractivity contribution is 0.544. The molecule has 102 valence electrons. The van der Waals surface area contributed by atoms with Crippen molar-refractivity contribution < 1.29 is 17.2 Å². The number of nitrogens with two attached hydrogens (primary N) is 1. The fourth-order valence-electron chi connectivity index (χ4n) is 1.77. The molecule has 1 aromatic heterocycles. The summed E-state index contributed by atoms with van der Waals surface area (Å²) in [6.07, 6.45) is 1.65. The maximum absolute atomic E-state index is 13.6. The normalized spacial score (nSPS) is 11.7. The highest BCUT2D eigenvalue weighted by Crippen LogP contribution is 2.20. The second-order valence-electron chi connectivity index (χ2n) is 3.91. The van der Waals surface area contributed by atoms with Crippen molar-refractivity contribution in [2.75, 3.05) is 6.54 Å². The molecule has 0 aliphatic carbocycles. The zero-order chi connectivity index (χ0) is 14.0. The van der Waals surface area contributed by atoms with Gasteiger partial charge in [0, 0.05) is 24.4 Å². The van der Waals surface area contributed by atoms with Gasteiger partial charge < -0.3 is 5.73 Å². The lowest BCUT2D eigenvalue weighted by atomic mass is 10.3. The van der Waals surface area contributed by atoms with Gasteiger partial charge in [-0.3, -0.25) is 0 Å². The first-order chi connectivity index (χ1) is 8.96. The summed E-state index contributed by atoms with van der Waals surface area (Å²) in [6, 6.07) is 5.48. The van der Waals surface area contributed by atoms with Gasteiger partial charge in [0.25, 0.3) is 10.0 Å². The molecule has 0 saturated heterocycles. The highest BCUT2D eigenvalue weighted by atomic mass is 32.2. The summed E-state index contributed by atoms with van der Waals surface area (Å²) in [5.41, 5.74) is 5.84. The Labute approximate surface area is 109 Å². The third-order valence-corrected chi connectivity index (χ3v) is 4.39. The molecule has 4 nitrogen and oxygen atoms in total. The molecule has 2 N–H and O–H groups in total. The summed E-state index contributed by atoms with van der Waals surface area (Å²) < 4.78 is 51.9. The molecule has 0 amide bonds. The number of benzene rings is 1. The Morgan fingerprint density at radius 2 is 1.95 bits per heavy atom. The Balaban J connectivity index is 2.56. The van der Waals surface area contributed by atoms with Gasteiger partial charge in [-0.2, -0.15) is 0 Å². The molecule has 1 aromatic carbocycles. The second-order valence-corrected chi connectivity index (χ2v) is 5.70. The molecule has 19 heavy (non-hydrogen) atoms. The molecule has 7 heteroatoms. The molecule has 0 radical (unpaired) electrons. The summed E-state index contributed by atoms with van der Waals surface area (Å²) in [5, 5.41) is 0. The van der Waals surface area contributed by atoms with Gasteiger partial charge in [-0.05, 0) is 30.8 Å². The molecule has 1 heterocycles. The van der Waals surface area contributed by atoms with Crippen molar-refractivity contribution >= 4 is 10.0 Å². The van der Waals surface area contributed by atoms with Crippen LogP contribution in [0.2, 0.25) is 0 Å². The zero-order valence-corrected chi connectivity index (χ0v) is 10.7. The van der Waals surface area contributed by atoms with Crippen LogP contribution in [0.5, 0.6) is 0 Å². The van der Waals surface area contributed by atoms with E-state index in [4.69, 9.17) is 5.73 Å². The average molecular weight is 286 g/mol. The van der Waals surface area contributed by atoms with Crippen LogP contribution >= 0.6 is 0 Å². The van der Waals surface area contributed by atoms with Crippen molar-refractivity contribution in [2.24, 2.45) is 5.73 Å². The van der Waals surface area contributed by atoms with E-state index in [2.05, 4.69) is 0 Å². The van der Waals surface area contributed by atoms with Gasteiger partial charge in [0.15, 0.2) is 0 Å². The summed E-state index contributed by atoms with van der Waals surface area (Å²) in [6.45, 7) is 0.269. The lowest BCUT2D eigenvalue weighted by Gasteiger charge is -2.10. The van der Waals surface area contributed by atoms with Crippen molar-refractivity contribution in [3.63, 3.8) is 0 Å². The largest absolute Gasteiger partial charge is 0.330 e. The van der Waals surface area contributed by atoms with Gasteiger partial charge in [-0.1, -0.05) is 0 Å². The quantitative estimate of drug-likeness (QED) is 0.926. The summed E-state index contributed by atoms with van der Waals surface area (Å²) >= 11 is 0. The van der Waals surface area contributed by atoms with Gasteiger partial charge in [0.05, 0.1) is 0 Å². The monoisotopic (exact) mass is 286 g/mol. The van der Waals surface area contributed by atoms with Crippen LogP contribution < -0.4 is 5.73 Å². The molecule has 0 spiro atoms. The molecule has 0 saturated carbocycles. The van der Waals surface area contributed by atoms with E-state index in [1.165, 1.54) is 12.3 Å². The van der Waals surface area contributed by atoms with E-state index in [1.54, 1.807) is 6.07 Å². The smallest absolute Gasteiger partial charge is 0.270 e. The van der Waals surface area contributed by atoms with Crippen LogP contribution in [0.25, 0.3) is 0 Å². The van der Waals surface area contributed by atoms with Crippen LogP contribution in [0.15, 0.2) is 41.4 Å². The van der Waals surface area contributed by atoms with Crippen molar-refractivity contribution in [1.82, 2.24) is 3.97 Å². The lowest BCUT2D eigenvalue weighted by Crippen LogP contribution is -2.18. The van der Waals surface area contributed by atoms with Crippen LogP contribution in [0.4, 0.5) is 8.78 Å². The van der Waals surface area contributed by atoms with Gasteiger partial charge in [-0.25, -0.2) is 21.2 Å². The van der Waals surface area contributed by atoms with Gasteiger partial charge in [0.2, 0.25) is 0 Å². The number of nitrogens with zero attached hydrogens (tertiary/aromatic N) is 1. The Kier molecular flexibility index (Phi) is 3.68. The van der Waals surface area contributed by atoms with E-state index in [1.807, 2.05) is 0 Å². The highest BCUT2D eigenvalue weighted by molar-refractivity contribution is 7.90. The van der Waals surface area contributed by atoms with E-state index < -0.39 is 26.6 Å². The summed E-state index contributed by atoms with van der Waals surface area (Å²) in [5.74, 6) is -1.95. The van der Waals surface area contributed by atoms with Gasteiger partial charge in [-0.15, -0.1) is 0 Å². The fourth-order valence-corrected chi connectivity index (χ4v) is 3.22. The molecular weight excluding hydrogens is 274 g/mol. The van der Waals surface area contributed by atoms with E-state index in [9.17, 15) is 17.2 Å². The van der Waals surface area contributed by atoms with Gasteiger partial charge >= 0.3 is 0 Å². The molecule has 0 bridgehead atoms. The standard InChI is InChI=1S/C12H12F2N2O2S/c13-9-3-4-12(11(14)8-9)19(17,18)16-7-1-2-10(16)5-6-15/h1-4,7-8H,5-6,15H2. The maximum atomic E-state index is 13.6. The van der Waals surface area contributed by atoms with Crippen molar-refractivity contribution in [1.29, 1.82) is 0 Å². The first kappa shape index (κ1) is 13.7. The number of rotatable bonds is 4. The highest BCUT2D eigenvalue weighted by Gasteiger charge is 2.23. The molecule has 0 aliphatic heterocycles. The number of hydrogen-bond donors (Lipinski definition) is 1. The fraction of sp³-hybridized carbons (Fsp3) is 0.167. The third kappa shape index (κ3) is 2.52. The molecule has 0 unspecified atom stereocenters. The summed E-state index contributed by atoms with van der Waals surface area (Å²) in [4.78, 5) is -0.566. The molecule has 0 atom stereocenters. The van der Waals surface area contributed by atoms with E-state index in [-0.39, 0.29) is 6.54 Å². The van der Waals surface area contributed by atoms with Crippen LogP contribution in [0, 0.1) is 11.6 Å². The third-order valence-electron chi connectivity index (χ3n) is 2.62. The molecule has 0 aliphatic rings. The predicted octanol–water partition coefficient (Wildman–Crippen LogP) is 1.50. The Morgan fingerprint density at radius 3 is 2.58 bits per heavy atom. The minimum absolute atomic E-state index is 0.269. The zero-order valence-electron chi connectivity index (χ0n) is 9.88.